The van der Waals surface area contributed by atoms with E-state index in [4.69, 9.17) is 0 Å². The number of unbranched alkanes of at least 4 members (excludes halogenated alkanes) is 2. The van der Waals surface area contributed by atoms with E-state index in [9.17, 15) is 8.78 Å². The number of benzene rings is 2. The van der Waals surface area contributed by atoms with Crippen molar-refractivity contribution in [3.05, 3.63) is 77.4 Å². The Hall–Kier alpha value is -3.15. The van der Waals surface area contributed by atoms with Gasteiger partial charge in [-0.25, -0.2) is 8.78 Å². The summed E-state index contributed by atoms with van der Waals surface area (Å²) in [5.41, 5.74) is 3.35. The Morgan fingerprint density at radius 1 is 0.853 bits per heavy atom. The molecule has 34 heavy (non-hydrogen) atoms. The largest absolute Gasteiger partial charge is 0.355 e. The van der Waals surface area contributed by atoms with Gasteiger partial charge in [0.1, 0.15) is 11.6 Å². The zero-order valence-corrected chi connectivity index (χ0v) is 20.0. The molecule has 1 unspecified atom stereocenters. The van der Waals surface area contributed by atoms with E-state index in [0.717, 1.165) is 67.8 Å². The number of nitrogens with zero attached hydrogens (tertiary/aromatic N) is 4. The van der Waals surface area contributed by atoms with Gasteiger partial charge in [0.25, 0.3) is 0 Å². The van der Waals surface area contributed by atoms with Crippen LogP contribution in [0.15, 0.2) is 59.6 Å². The van der Waals surface area contributed by atoms with Crippen LogP contribution in [0.1, 0.15) is 69.5 Å². The van der Waals surface area contributed by atoms with E-state index in [1.54, 1.807) is 0 Å². The molecule has 0 amide bonds. The number of anilines is 1. The first-order valence-electron chi connectivity index (χ1n) is 12.3. The van der Waals surface area contributed by atoms with Gasteiger partial charge in [0, 0.05) is 24.4 Å². The lowest BCUT2D eigenvalue weighted by molar-refractivity contribution is 0.578. The molecule has 4 rings (SSSR count). The number of aliphatic imine (C=N–C) groups is 1. The van der Waals surface area contributed by atoms with E-state index in [1.807, 2.05) is 30.3 Å². The van der Waals surface area contributed by atoms with Gasteiger partial charge in [-0.15, -0.1) is 10.2 Å². The third-order valence-corrected chi connectivity index (χ3v) is 6.35. The summed E-state index contributed by atoms with van der Waals surface area (Å²) in [4.78, 5) is 6.96. The van der Waals surface area contributed by atoms with Gasteiger partial charge in [0.2, 0.25) is 0 Å². The van der Waals surface area contributed by atoms with Crippen LogP contribution >= 0.6 is 0 Å². The Bertz CT molecular complexity index is 1080. The van der Waals surface area contributed by atoms with E-state index in [1.165, 1.54) is 18.2 Å². The molecule has 1 aliphatic rings. The van der Waals surface area contributed by atoms with Crippen molar-refractivity contribution in [2.24, 2.45) is 4.99 Å². The summed E-state index contributed by atoms with van der Waals surface area (Å²) in [7, 11) is 0. The minimum atomic E-state index is -0.556. The molecule has 1 aromatic heterocycles. The van der Waals surface area contributed by atoms with Gasteiger partial charge in [0.05, 0.1) is 17.3 Å². The Balaban J connectivity index is 1.47. The number of hydrogen-bond donors (Lipinski definition) is 0. The lowest BCUT2D eigenvalue weighted by Crippen LogP contribution is -2.26. The fourth-order valence-corrected chi connectivity index (χ4v) is 4.36. The third-order valence-electron chi connectivity index (χ3n) is 6.35. The van der Waals surface area contributed by atoms with Crippen molar-refractivity contribution in [1.29, 1.82) is 0 Å². The normalized spacial score (nSPS) is 15.4. The van der Waals surface area contributed by atoms with Gasteiger partial charge in [-0.2, -0.15) is 0 Å². The molecule has 0 bridgehead atoms. The minimum Gasteiger partial charge on any atom is -0.355 e. The number of halogens is 2. The molecule has 4 nitrogen and oxygen atoms in total. The molecular weight excluding hydrogens is 430 g/mol. The molecule has 3 aromatic rings. The van der Waals surface area contributed by atoms with Crippen molar-refractivity contribution in [2.45, 2.75) is 58.4 Å². The monoisotopic (exact) mass is 462 g/mol. The van der Waals surface area contributed by atoms with Gasteiger partial charge in [0.15, 0.2) is 5.82 Å². The third kappa shape index (κ3) is 5.49. The zero-order valence-electron chi connectivity index (χ0n) is 20.0. The van der Waals surface area contributed by atoms with E-state index >= 15 is 0 Å². The van der Waals surface area contributed by atoms with Crippen molar-refractivity contribution in [3.63, 3.8) is 0 Å². The first-order valence-corrected chi connectivity index (χ1v) is 12.3. The van der Waals surface area contributed by atoms with E-state index in [-0.39, 0.29) is 11.6 Å². The van der Waals surface area contributed by atoms with Crippen molar-refractivity contribution in [2.75, 3.05) is 18.0 Å². The number of aromatic nitrogens is 2. The summed E-state index contributed by atoms with van der Waals surface area (Å²) < 4.78 is 28.3. The molecule has 2 heterocycles. The van der Waals surface area contributed by atoms with Crippen LogP contribution < -0.4 is 4.90 Å². The van der Waals surface area contributed by atoms with Crippen molar-refractivity contribution < 1.29 is 8.78 Å². The van der Waals surface area contributed by atoms with Gasteiger partial charge in [-0.05, 0) is 55.5 Å². The van der Waals surface area contributed by atoms with E-state index in [0.29, 0.717) is 12.1 Å². The molecule has 178 valence electrons. The molecule has 2 aromatic carbocycles. The van der Waals surface area contributed by atoms with E-state index in [2.05, 4.69) is 40.0 Å². The second-order valence-corrected chi connectivity index (χ2v) is 8.82. The second kappa shape index (κ2) is 11.3. The highest BCUT2D eigenvalue weighted by atomic mass is 19.1. The first-order chi connectivity index (χ1) is 16.6. The van der Waals surface area contributed by atoms with Crippen LogP contribution in [-0.2, 0) is 0 Å². The highest BCUT2D eigenvalue weighted by molar-refractivity contribution is 6.02. The molecule has 0 spiro atoms. The lowest BCUT2D eigenvalue weighted by atomic mass is 10.0. The van der Waals surface area contributed by atoms with Crippen LogP contribution in [0.5, 0.6) is 0 Å². The fourth-order valence-electron chi connectivity index (χ4n) is 4.36. The summed E-state index contributed by atoms with van der Waals surface area (Å²) >= 11 is 0. The van der Waals surface area contributed by atoms with E-state index < -0.39 is 11.6 Å². The highest BCUT2D eigenvalue weighted by Gasteiger charge is 2.24. The smallest absolute Gasteiger partial charge is 0.151 e. The first kappa shape index (κ1) is 24.0. The summed E-state index contributed by atoms with van der Waals surface area (Å²) in [6.07, 6.45) is 5.89. The van der Waals surface area contributed by atoms with Gasteiger partial charge in [-0.1, -0.05) is 57.0 Å². The van der Waals surface area contributed by atoms with Crippen LogP contribution in [-0.4, -0.2) is 29.0 Å². The predicted octanol–water partition coefficient (Wildman–Crippen LogP) is 7.15. The summed E-state index contributed by atoms with van der Waals surface area (Å²) in [6, 6.07) is 16.0. The van der Waals surface area contributed by atoms with Crippen LogP contribution in [0.2, 0.25) is 0 Å². The molecule has 0 saturated heterocycles. The predicted molar refractivity (Wildman–Crippen MR) is 134 cm³/mol. The maximum Gasteiger partial charge on any atom is 0.151 e. The summed E-state index contributed by atoms with van der Waals surface area (Å²) in [6.45, 7) is 6.40. The van der Waals surface area contributed by atoms with Gasteiger partial charge < -0.3 is 4.90 Å². The van der Waals surface area contributed by atoms with Crippen molar-refractivity contribution >= 4 is 11.5 Å². The molecule has 0 N–H and O–H groups in total. The molecule has 1 aliphatic heterocycles. The zero-order chi connectivity index (χ0) is 23.9. The van der Waals surface area contributed by atoms with Crippen LogP contribution in [0, 0.1) is 11.6 Å². The Morgan fingerprint density at radius 2 is 1.53 bits per heavy atom. The maximum absolute atomic E-state index is 14.1. The molecule has 1 atom stereocenters. The Kier molecular flexibility index (Phi) is 7.99. The number of hydrogen-bond acceptors (Lipinski definition) is 4. The topological polar surface area (TPSA) is 41.4 Å². The van der Waals surface area contributed by atoms with Gasteiger partial charge >= 0.3 is 0 Å². The molecule has 0 saturated carbocycles. The maximum atomic E-state index is 14.1. The highest BCUT2D eigenvalue weighted by Crippen LogP contribution is 2.33. The Morgan fingerprint density at radius 3 is 2.12 bits per heavy atom. The second-order valence-electron chi connectivity index (χ2n) is 8.82. The summed E-state index contributed by atoms with van der Waals surface area (Å²) in [5.74, 6) is -0.185. The van der Waals surface area contributed by atoms with Crippen molar-refractivity contribution in [3.8, 4) is 11.3 Å². The summed E-state index contributed by atoms with van der Waals surface area (Å²) in [5, 5.41) is 8.99. The Labute approximate surface area is 200 Å². The molecule has 0 radical (unpaired) electrons. The van der Waals surface area contributed by atoms with Crippen LogP contribution in [0.25, 0.3) is 11.3 Å². The SMILES string of the molecule is CCCCN(CCCC)c1ccc(-c2ccc(C3CCC(c4c(F)cccc4F)=N3)cc2)nn1. The molecule has 6 heteroatoms. The van der Waals surface area contributed by atoms with Crippen LogP contribution in [0.4, 0.5) is 14.6 Å². The average Bonchev–Trinajstić information content (AvgIpc) is 3.34. The minimum absolute atomic E-state index is 0.00361. The standard InChI is InChI=1S/C28H32F2N4/c1-3-5-18-34(19-6-4-2)27-17-16-25(32-33-27)21-12-10-20(11-13-21)24-14-15-26(31-24)28-22(29)8-7-9-23(28)30/h7-13,16-17,24H,3-6,14-15,18-19H2,1-2H3. The average molecular weight is 463 g/mol. The van der Waals surface area contributed by atoms with Crippen LogP contribution in [0.3, 0.4) is 0 Å². The molecule has 0 aliphatic carbocycles. The van der Waals surface area contributed by atoms with Crippen molar-refractivity contribution in [1.82, 2.24) is 10.2 Å². The quantitative estimate of drug-likeness (QED) is 0.321. The van der Waals surface area contributed by atoms with Gasteiger partial charge in [-0.3, -0.25) is 4.99 Å². The lowest BCUT2D eigenvalue weighted by Gasteiger charge is -2.23. The molecule has 0 fully saturated rings. The fraction of sp³-hybridized carbons (Fsp3) is 0.393. The number of rotatable bonds is 10. The molecular formula is C28H32F2N4.